The second-order valence-corrected chi connectivity index (χ2v) is 1.79. The maximum absolute atomic E-state index is 9.55. The molecule has 3 nitrogen and oxygen atoms in total. The van der Waals surface area contributed by atoms with Crippen molar-refractivity contribution in [2.45, 2.75) is 19.6 Å². The Hall–Kier alpha value is -0.570. The highest BCUT2D eigenvalue weighted by molar-refractivity contribution is 5.38. The van der Waals surface area contributed by atoms with Gasteiger partial charge < -0.3 is 9.47 Å². The zero-order valence-corrected chi connectivity index (χ0v) is 5.22. The van der Waals surface area contributed by atoms with Crippen molar-refractivity contribution < 1.29 is 14.3 Å². The van der Waals surface area contributed by atoms with Crippen LogP contribution in [0.5, 0.6) is 0 Å². The Balaban J connectivity index is 3.53. The molecule has 0 aromatic rings. The first-order valence-corrected chi connectivity index (χ1v) is 2.22. The van der Waals surface area contributed by atoms with E-state index in [9.17, 15) is 4.79 Å². The smallest absolute Gasteiger partial charge is 0.420 e. The van der Waals surface area contributed by atoms with Crippen LogP contribution in [0.25, 0.3) is 0 Å². The summed E-state index contributed by atoms with van der Waals surface area (Å²) in [5, 5.41) is 0. The van der Waals surface area contributed by atoms with Crippen LogP contribution in [0.1, 0.15) is 13.8 Å². The van der Waals surface area contributed by atoms with Crippen LogP contribution in [-0.4, -0.2) is 19.4 Å². The number of hydrogen-bond donors (Lipinski definition) is 0. The minimum absolute atomic E-state index is 0.832. The molecule has 0 aromatic heterocycles. The van der Waals surface area contributed by atoms with Crippen molar-refractivity contribution in [3.63, 3.8) is 0 Å². The Morgan fingerprint density at radius 3 is 2.12 bits per heavy atom. The molecule has 0 aliphatic heterocycles. The van der Waals surface area contributed by atoms with Crippen LogP contribution in [0.2, 0.25) is 0 Å². The lowest BCUT2D eigenvalue weighted by Gasteiger charge is -2.18. The fraction of sp³-hybridized carbons (Fsp3) is 0.800. The van der Waals surface area contributed by atoms with Gasteiger partial charge in [0.1, 0.15) is 0 Å². The molecule has 0 aliphatic carbocycles. The molecule has 0 N–H and O–H groups in total. The van der Waals surface area contributed by atoms with Crippen LogP contribution in [0.4, 0.5) is 0 Å². The summed E-state index contributed by atoms with van der Waals surface area (Å²) in [5.41, 5.74) is 0. The van der Waals surface area contributed by atoms with Crippen LogP contribution in [0.15, 0.2) is 0 Å². The van der Waals surface area contributed by atoms with Gasteiger partial charge in [-0.05, 0) is 0 Å². The summed E-state index contributed by atoms with van der Waals surface area (Å²) in [6.45, 7) is 4.53. The van der Waals surface area contributed by atoms with Gasteiger partial charge >= 0.3 is 6.47 Å². The summed E-state index contributed by atoms with van der Waals surface area (Å²) in [6, 6.07) is 0. The predicted molar refractivity (Wildman–Crippen MR) is 27.9 cm³/mol. The van der Waals surface area contributed by atoms with Crippen molar-refractivity contribution >= 4 is 6.47 Å². The first kappa shape index (κ1) is 7.43. The van der Waals surface area contributed by atoms with Crippen LogP contribution < -0.4 is 0 Å². The second-order valence-electron chi connectivity index (χ2n) is 1.79. The molecule has 0 bridgehead atoms. The number of ether oxygens (including phenoxy) is 2. The summed E-state index contributed by atoms with van der Waals surface area (Å²) < 4.78 is 9.04. The number of hydrogen-bond acceptors (Lipinski definition) is 3. The molecule has 3 heteroatoms. The molecule has 0 aromatic carbocycles. The molecule has 0 heterocycles. The molecule has 0 saturated carbocycles. The molecule has 0 fully saturated rings. The average Bonchev–Trinajstić information content (AvgIpc) is 1.67. The summed E-state index contributed by atoms with van der Waals surface area (Å²) in [7, 11) is 1.46. The quantitative estimate of drug-likeness (QED) is 0.503. The molecule has 0 aliphatic rings. The normalized spacial score (nSPS) is 10.9. The fourth-order valence-electron chi connectivity index (χ4n) is 0.142. The van der Waals surface area contributed by atoms with Gasteiger partial charge in [0.15, 0.2) is 0 Å². The van der Waals surface area contributed by atoms with Gasteiger partial charge in [-0.2, -0.15) is 0 Å². The zero-order chi connectivity index (χ0) is 6.62. The van der Waals surface area contributed by atoms with Gasteiger partial charge in [0.2, 0.25) is 5.79 Å². The van der Waals surface area contributed by atoms with Crippen LogP contribution in [0, 0.1) is 0 Å². The van der Waals surface area contributed by atoms with E-state index >= 15 is 0 Å². The van der Waals surface area contributed by atoms with E-state index in [2.05, 4.69) is 4.74 Å². The Kier molecular flexibility index (Phi) is 2.48. The molecule has 47 valence electrons. The molecule has 0 saturated heterocycles. The van der Waals surface area contributed by atoms with Crippen molar-refractivity contribution in [2.24, 2.45) is 0 Å². The van der Waals surface area contributed by atoms with Gasteiger partial charge in [-0.1, -0.05) is 0 Å². The zero-order valence-electron chi connectivity index (χ0n) is 5.22. The minimum Gasteiger partial charge on any atom is -0.425 e. The molecule has 0 atom stereocenters. The van der Waals surface area contributed by atoms with Gasteiger partial charge in [-0.15, -0.1) is 0 Å². The van der Waals surface area contributed by atoms with Gasteiger partial charge in [0.05, 0.1) is 0 Å². The molecule has 8 heavy (non-hydrogen) atoms. The highest BCUT2D eigenvalue weighted by Gasteiger charge is 2.16. The lowest BCUT2D eigenvalue weighted by atomic mass is 10.4. The highest BCUT2D eigenvalue weighted by Crippen LogP contribution is 2.05. The predicted octanol–water partition coefficient (Wildman–Crippen LogP) is 0.453. The second kappa shape index (κ2) is 2.67. The maximum atomic E-state index is 9.55. The molecule has 0 spiro atoms. The SMILES string of the molecule is COC(C)(C)O[C]=O. The molecule has 0 unspecified atom stereocenters. The van der Waals surface area contributed by atoms with Gasteiger partial charge in [0, 0.05) is 21.0 Å². The molecular weight excluding hydrogens is 108 g/mol. The highest BCUT2D eigenvalue weighted by atomic mass is 16.7. The van der Waals surface area contributed by atoms with Gasteiger partial charge in [-0.25, -0.2) is 4.79 Å². The molecular formula is C5H9O3. The van der Waals surface area contributed by atoms with E-state index in [0.717, 1.165) is 0 Å². The van der Waals surface area contributed by atoms with E-state index in [1.165, 1.54) is 13.6 Å². The minimum atomic E-state index is -0.832. The summed E-state index contributed by atoms with van der Waals surface area (Å²) in [6.07, 6.45) is 0. The third kappa shape index (κ3) is 2.58. The number of rotatable bonds is 3. The van der Waals surface area contributed by atoms with E-state index in [0.29, 0.717) is 0 Å². The van der Waals surface area contributed by atoms with Crippen molar-refractivity contribution in [1.29, 1.82) is 0 Å². The largest absolute Gasteiger partial charge is 0.425 e. The summed E-state index contributed by atoms with van der Waals surface area (Å²) >= 11 is 0. The standard InChI is InChI=1S/C5H9O3/c1-5(2,7-3)8-4-6/h1-3H3. The van der Waals surface area contributed by atoms with E-state index < -0.39 is 5.79 Å². The van der Waals surface area contributed by atoms with Crippen LogP contribution in [0.3, 0.4) is 0 Å². The first-order valence-electron chi connectivity index (χ1n) is 2.22. The Labute approximate surface area is 48.6 Å². The summed E-state index contributed by atoms with van der Waals surface area (Å²) in [5.74, 6) is -0.832. The molecule has 1 radical (unpaired) electrons. The van der Waals surface area contributed by atoms with E-state index in [4.69, 9.17) is 4.74 Å². The van der Waals surface area contributed by atoms with Crippen molar-refractivity contribution in [2.75, 3.05) is 7.11 Å². The Bertz CT molecular complexity index is 77.7. The van der Waals surface area contributed by atoms with E-state index in [1.807, 2.05) is 0 Å². The van der Waals surface area contributed by atoms with Crippen LogP contribution >= 0.6 is 0 Å². The van der Waals surface area contributed by atoms with Crippen molar-refractivity contribution in [1.82, 2.24) is 0 Å². The molecule has 0 rings (SSSR count). The Morgan fingerprint density at radius 2 is 2.00 bits per heavy atom. The number of carbonyl (C=O) groups excluding carboxylic acids is 1. The van der Waals surface area contributed by atoms with Crippen molar-refractivity contribution in [3.8, 4) is 0 Å². The lowest BCUT2D eigenvalue weighted by molar-refractivity contribution is -0.143. The average molecular weight is 117 g/mol. The topological polar surface area (TPSA) is 35.5 Å². The maximum Gasteiger partial charge on any atom is 0.420 e. The van der Waals surface area contributed by atoms with Gasteiger partial charge in [-0.3, -0.25) is 0 Å². The third-order valence-electron chi connectivity index (χ3n) is 0.779. The summed E-state index contributed by atoms with van der Waals surface area (Å²) in [4.78, 5) is 9.55. The molecule has 0 amide bonds. The number of methoxy groups -OCH3 is 1. The van der Waals surface area contributed by atoms with E-state index in [1.54, 1.807) is 13.8 Å². The van der Waals surface area contributed by atoms with E-state index in [-0.39, 0.29) is 0 Å². The van der Waals surface area contributed by atoms with Crippen LogP contribution in [-0.2, 0) is 14.3 Å². The third-order valence-corrected chi connectivity index (χ3v) is 0.779. The monoisotopic (exact) mass is 117 g/mol. The lowest BCUT2D eigenvalue weighted by Crippen LogP contribution is -2.25. The first-order chi connectivity index (χ1) is 3.62. The van der Waals surface area contributed by atoms with Crippen molar-refractivity contribution in [3.05, 3.63) is 0 Å². The fourth-order valence-corrected chi connectivity index (χ4v) is 0.142. The Morgan fingerprint density at radius 1 is 1.50 bits per heavy atom. The van der Waals surface area contributed by atoms with Gasteiger partial charge in [0.25, 0.3) is 0 Å².